The van der Waals surface area contributed by atoms with Crippen LogP contribution in [-0.4, -0.2) is 47.7 Å². The zero-order valence-corrected chi connectivity index (χ0v) is 10.6. The average molecular weight is 245 g/mol. The Labute approximate surface area is 102 Å². The first kappa shape index (κ1) is 15.7. The van der Waals surface area contributed by atoms with E-state index in [0.29, 0.717) is 0 Å². The zero-order chi connectivity index (χ0) is 13.3. The molecule has 0 aromatic rings. The normalized spacial score (nSPS) is 16.5. The summed E-state index contributed by atoms with van der Waals surface area (Å²) in [6.07, 6.45) is 3.60. The highest BCUT2D eigenvalue weighted by molar-refractivity contribution is 5.74. The molecule has 1 aliphatic rings. The lowest BCUT2D eigenvalue weighted by molar-refractivity contribution is -0.138. The summed E-state index contributed by atoms with van der Waals surface area (Å²) in [4.78, 5) is 22.7. The van der Waals surface area contributed by atoms with Crippen molar-refractivity contribution in [2.75, 3.05) is 19.6 Å². The van der Waals surface area contributed by atoms with Gasteiger partial charge in [0.25, 0.3) is 0 Å². The van der Waals surface area contributed by atoms with Crippen LogP contribution in [0.5, 0.6) is 0 Å². The predicted octanol–water partition coefficient (Wildman–Crippen LogP) is 0.620. The second kappa shape index (κ2) is 8.81. The van der Waals surface area contributed by atoms with Crippen LogP contribution in [-0.2, 0) is 4.79 Å². The number of nitrogens with two attached hydrogens (primary N) is 1. The van der Waals surface area contributed by atoms with Gasteiger partial charge in [0.15, 0.2) is 0 Å². The molecule has 1 fully saturated rings. The third-order valence-corrected chi connectivity index (χ3v) is 2.36. The minimum Gasteiger partial charge on any atom is -0.480 e. The van der Waals surface area contributed by atoms with Gasteiger partial charge in [-0.25, -0.2) is 4.79 Å². The van der Waals surface area contributed by atoms with E-state index in [-0.39, 0.29) is 6.03 Å². The van der Waals surface area contributed by atoms with Crippen LogP contribution in [0.4, 0.5) is 4.79 Å². The van der Waals surface area contributed by atoms with Crippen molar-refractivity contribution in [3.05, 3.63) is 0 Å². The lowest BCUT2D eigenvalue weighted by Gasteiger charge is -2.26. The molecule has 1 aliphatic heterocycles. The van der Waals surface area contributed by atoms with Crippen molar-refractivity contribution in [3.63, 3.8) is 0 Å². The van der Waals surface area contributed by atoms with Crippen molar-refractivity contribution in [2.24, 2.45) is 5.73 Å². The van der Waals surface area contributed by atoms with Gasteiger partial charge >= 0.3 is 12.0 Å². The van der Waals surface area contributed by atoms with E-state index in [9.17, 15) is 9.59 Å². The number of hydrogen-bond acceptors (Lipinski definition) is 3. The fourth-order valence-corrected chi connectivity index (χ4v) is 1.36. The number of carbonyl (C=O) groups is 2. The molecule has 0 spiro atoms. The molecule has 1 saturated heterocycles. The molecule has 2 amide bonds. The highest BCUT2D eigenvalue weighted by Gasteiger charge is 2.14. The third kappa shape index (κ3) is 7.57. The maximum atomic E-state index is 11.2. The van der Waals surface area contributed by atoms with Crippen LogP contribution in [0.15, 0.2) is 0 Å². The molecular weight excluding hydrogens is 222 g/mol. The molecule has 4 N–H and O–H groups in total. The van der Waals surface area contributed by atoms with Crippen LogP contribution in [0.1, 0.15) is 33.1 Å². The molecule has 0 bridgehead atoms. The number of carbonyl (C=O) groups excluding carboxylic acids is 1. The first-order valence-corrected chi connectivity index (χ1v) is 6.00. The van der Waals surface area contributed by atoms with Crippen LogP contribution in [0.25, 0.3) is 0 Å². The summed E-state index contributed by atoms with van der Waals surface area (Å²) in [6.45, 7) is 5.97. The Bertz CT molecular complexity index is 238. The number of urea groups is 1. The Morgan fingerprint density at radius 1 is 1.35 bits per heavy atom. The molecule has 6 heteroatoms. The van der Waals surface area contributed by atoms with Gasteiger partial charge in [-0.05, 0) is 33.1 Å². The van der Waals surface area contributed by atoms with E-state index in [2.05, 4.69) is 5.32 Å². The molecule has 100 valence electrons. The molecule has 17 heavy (non-hydrogen) atoms. The van der Waals surface area contributed by atoms with Crippen molar-refractivity contribution < 1.29 is 14.7 Å². The molecule has 0 aromatic carbocycles. The first-order valence-electron chi connectivity index (χ1n) is 6.00. The summed E-state index contributed by atoms with van der Waals surface area (Å²) in [5.74, 6) is -0.963. The summed E-state index contributed by atoms with van der Waals surface area (Å²) in [7, 11) is 0. The zero-order valence-electron chi connectivity index (χ0n) is 10.6. The predicted molar refractivity (Wildman–Crippen MR) is 65.8 cm³/mol. The maximum absolute atomic E-state index is 11.2. The molecule has 6 nitrogen and oxygen atoms in total. The van der Waals surface area contributed by atoms with Gasteiger partial charge in [-0.3, -0.25) is 4.79 Å². The van der Waals surface area contributed by atoms with Gasteiger partial charge in [0.2, 0.25) is 0 Å². The molecule has 0 radical (unpaired) electrons. The molecule has 1 rings (SSSR count). The van der Waals surface area contributed by atoms with Gasteiger partial charge in [0.05, 0.1) is 0 Å². The Kier molecular flexibility index (Phi) is 8.13. The van der Waals surface area contributed by atoms with Crippen molar-refractivity contribution >= 4 is 12.0 Å². The Hall–Kier alpha value is -1.30. The standard InChI is InChI=1S/C8H16N2O.C3H7NO2/c1-2-9-8(11)10-6-4-3-5-7-10;1-2(4)3(5)6/h2-7H2,1H3,(H,9,11);2H,4H2,1H3,(H,5,6)/t;2-/m.0/s1. The second-order valence-corrected chi connectivity index (χ2v) is 4.01. The number of nitrogens with one attached hydrogen (secondary N) is 1. The number of piperidine rings is 1. The lowest BCUT2D eigenvalue weighted by Crippen LogP contribution is -2.42. The fourth-order valence-electron chi connectivity index (χ4n) is 1.36. The van der Waals surface area contributed by atoms with E-state index >= 15 is 0 Å². The van der Waals surface area contributed by atoms with Crippen LogP contribution >= 0.6 is 0 Å². The molecule has 1 heterocycles. The van der Waals surface area contributed by atoms with Crippen molar-refractivity contribution in [1.29, 1.82) is 0 Å². The smallest absolute Gasteiger partial charge is 0.320 e. The third-order valence-electron chi connectivity index (χ3n) is 2.36. The summed E-state index contributed by atoms with van der Waals surface area (Å²) in [6, 6.07) is -0.628. The van der Waals surface area contributed by atoms with E-state index in [4.69, 9.17) is 10.8 Å². The molecule has 0 aromatic heterocycles. The summed E-state index contributed by atoms with van der Waals surface area (Å²) in [5, 5.41) is 10.7. The van der Waals surface area contributed by atoms with E-state index in [1.54, 1.807) is 0 Å². The number of rotatable bonds is 2. The summed E-state index contributed by atoms with van der Waals surface area (Å²) >= 11 is 0. The number of aliphatic carboxylic acids is 1. The van der Waals surface area contributed by atoms with Crippen LogP contribution in [0, 0.1) is 0 Å². The number of carboxylic acids is 1. The van der Waals surface area contributed by atoms with E-state index in [0.717, 1.165) is 32.5 Å². The van der Waals surface area contributed by atoms with Crippen LogP contribution in [0.3, 0.4) is 0 Å². The van der Waals surface area contributed by atoms with Crippen molar-refractivity contribution in [3.8, 4) is 0 Å². The molecular formula is C11H23N3O3. The molecule has 1 atom stereocenters. The first-order chi connectivity index (χ1) is 7.99. The molecule has 0 saturated carbocycles. The topological polar surface area (TPSA) is 95.7 Å². The van der Waals surface area contributed by atoms with E-state index in [1.807, 2.05) is 11.8 Å². The number of amides is 2. The number of hydrogen-bond donors (Lipinski definition) is 3. The maximum Gasteiger partial charge on any atom is 0.320 e. The number of carboxylic acid groups (broad SMARTS) is 1. The average Bonchev–Trinajstić information content (AvgIpc) is 2.31. The van der Waals surface area contributed by atoms with Crippen molar-refractivity contribution in [2.45, 2.75) is 39.2 Å². The van der Waals surface area contributed by atoms with E-state index in [1.165, 1.54) is 13.3 Å². The Balaban J connectivity index is 0.000000366. The number of nitrogens with zero attached hydrogens (tertiary/aromatic N) is 1. The highest BCUT2D eigenvalue weighted by Crippen LogP contribution is 2.07. The van der Waals surface area contributed by atoms with Gasteiger partial charge in [-0.1, -0.05) is 0 Å². The van der Waals surface area contributed by atoms with Gasteiger partial charge in [-0.2, -0.15) is 0 Å². The van der Waals surface area contributed by atoms with Crippen LogP contribution < -0.4 is 11.1 Å². The lowest BCUT2D eigenvalue weighted by atomic mass is 10.1. The Morgan fingerprint density at radius 3 is 2.18 bits per heavy atom. The van der Waals surface area contributed by atoms with Gasteiger partial charge in [0.1, 0.15) is 6.04 Å². The quantitative estimate of drug-likeness (QED) is 0.664. The summed E-state index contributed by atoms with van der Waals surface area (Å²) < 4.78 is 0. The molecule has 0 aliphatic carbocycles. The molecule has 0 unspecified atom stereocenters. The number of likely N-dealkylation sites (tertiary alicyclic amines) is 1. The fraction of sp³-hybridized carbons (Fsp3) is 0.818. The van der Waals surface area contributed by atoms with Crippen LogP contribution in [0.2, 0.25) is 0 Å². The summed E-state index contributed by atoms with van der Waals surface area (Å²) in [5.41, 5.74) is 4.84. The second-order valence-electron chi connectivity index (χ2n) is 4.01. The monoisotopic (exact) mass is 245 g/mol. The van der Waals surface area contributed by atoms with Gasteiger partial charge in [0, 0.05) is 19.6 Å². The van der Waals surface area contributed by atoms with Gasteiger partial charge < -0.3 is 21.1 Å². The van der Waals surface area contributed by atoms with Gasteiger partial charge in [-0.15, -0.1) is 0 Å². The minimum atomic E-state index is -0.963. The Morgan fingerprint density at radius 2 is 1.82 bits per heavy atom. The van der Waals surface area contributed by atoms with E-state index < -0.39 is 12.0 Å². The largest absolute Gasteiger partial charge is 0.480 e. The van der Waals surface area contributed by atoms with Crippen molar-refractivity contribution in [1.82, 2.24) is 10.2 Å². The SMILES string of the molecule is CCNC(=O)N1CCCCC1.C[C@H](N)C(=O)O. The minimum absolute atomic E-state index is 0.104. The highest BCUT2D eigenvalue weighted by atomic mass is 16.4.